The monoisotopic (exact) mass is 354 g/mol. The van der Waals surface area contributed by atoms with Crippen molar-refractivity contribution in [2.75, 3.05) is 16.9 Å². The predicted molar refractivity (Wildman–Crippen MR) is 101 cm³/mol. The van der Waals surface area contributed by atoms with Gasteiger partial charge >= 0.3 is 0 Å². The van der Waals surface area contributed by atoms with Gasteiger partial charge in [-0.2, -0.15) is 0 Å². The van der Waals surface area contributed by atoms with Crippen LogP contribution in [0.25, 0.3) is 10.9 Å². The maximum absolute atomic E-state index is 12.2. The lowest BCUT2D eigenvalue weighted by molar-refractivity contribution is -0.113. The van der Waals surface area contributed by atoms with Crippen LogP contribution in [0.1, 0.15) is 11.1 Å². The van der Waals surface area contributed by atoms with E-state index < -0.39 is 0 Å². The molecule has 2 aromatic carbocycles. The van der Waals surface area contributed by atoms with Gasteiger partial charge in [0.05, 0.1) is 16.7 Å². The topological polar surface area (TPSA) is 90.0 Å². The first-order valence-corrected chi connectivity index (χ1v) is 8.71. The van der Waals surface area contributed by atoms with Gasteiger partial charge in [-0.3, -0.25) is 9.59 Å². The van der Waals surface area contributed by atoms with Gasteiger partial charge in [0.2, 0.25) is 5.91 Å². The second-order valence-corrected chi connectivity index (χ2v) is 6.67. The molecule has 1 amide bonds. The third kappa shape index (κ3) is 3.66. The van der Waals surface area contributed by atoms with Crippen molar-refractivity contribution in [3.8, 4) is 0 Å². The van der Waals surface area contributed by atoms with Crippen molar-refractivity contribution < 1.29 is 4.79 Å². The normalized spacial score (nSPS) is 10.8. The molecular weight excluding hydrogens is 336 g/mol. The quantitative estimate of drug-likeness (QED) is 0.427. The Morgan fingerprint density at radius 2 is 1.96 bits per heavy atom. The molecule has 0 saturated carbocycles. The highest BCUT2D eigenvalue weighted by atomic mass is 32.2. The number of hydrogen-bond acceptors (Lipinski definition) is 5. The predicted octanol–water partition coefficient (Wildman–Crippen LogP) is 2.46. The van der Waals surface area contributed by atoms with Crippen LogP contribution in [-0.4, -0.2) is 21.3 Å². The van der Waals surface area contributed by atoms with Gasteiger partial charge in [0, 0.05) is 5.69 Å². The fourth-order valence-electron chi connectivity index (χ4n) is 2.37. The van der Waals surface area contributed by atoms with Gasteiger partial charge in [0.15, 0.2) is 5.16 Å². The minimum Gasteiger partial charge on any atom is -0.334 e. The molecule has 0 radical (unpaired) electrons. The zero-order valence-corrected chi connectivity index (χ0v) is 14.8. The number of nitrogens with two attached hydrogens (primary N) is 1. The first-order chi connectivity index (χ1) is 12.0. The molecule has 0 aliphatic rings. The molecule has 0 aliphatic carbocycles. The lowest BCUT2D eigenvalue weighted by Gasteiger charge is -2.09. The lowest BCUT2D eigenvalue weighted by atomic mass is 10.1. The number of carbonyl (C=O) groups is 1. The van der Waals surface area contributed by atoms with E-state index in [2.05, 4.69) is 10.3 Å². The third-order valence-electron chi connectivity index (χ3n) is 3.90. The molecule has 0 aliphatic heterocycles. The van der Waals surface area contributed by atoms with E-state index in [1.54, 1.807) is 24.3 Å². The Kier molecular flexibility index (Phi) is 4.76. The van der Waals surface area contributed by atoms with Gasteiger partial charge in [0.25, 0.3) is 5.56 Å². The van der Waals surface area contributed by atoms with Gasteiger partial charge in [0.1, 0.15) is 0 Å². The van der Waals surface area contributed by atoms with E-state index in [0.717, 1.165) is 27.7 Å². The molecule has 1 aromatic heterocycles. The van der Waals surface area contributed by atoms with E-state index in [1.807, 2.05) is 32.0 Å². The summed E-state index contributed by atoms with van der Waals surface area (Å²) in [5, 5.41) is 3.59. The maximum atomic E-state index is 12.2. The Balaban J connectivity index is 1.73. The Labute approximate surface area is 149 Å². The number of nitrogen functional groups attached to an aromatic ring is 1. The van der Waals surface area contributed by atoms with Crippen molar-refractivity contribution in [3.63, 3.8) is 0 Å². The van der Waals surface area contributed by atoms with Crippen LogP contribution in [0.4, 0.5) is 5.69 Å². The molecule has 0 fully saturated rings. The SMILES string of the molecule is Cc1ccc(NC(=O)CSc2nc3ccccc3c(=O)n2N)cc1C. The Bertz CT molecular complexity index is 1010. The van der Waals surface area contributed by atoms with Crippen molar-refractivity contribution >= 4 is 34.3 Å². The molecule has 1 heterocycles. The van der Waals surface area contributed by atoms with E-state index in [4.69, 9.17) is 5.84 Å². The average molecular weight is 354 g/mol. The summed E-state index contributed by atoms with van der Waals surface area (Å²) in [5.41, 5.74) is 3.25. The number of benzene rings is 2. The van der Waals surface area contributed by atoms with E-state index in [1.165, 1.54) is 5.56 Å². The molecule has 7 heteroatoms. The molecular formula is C18H18N4O2S. The summed E-state index contributed by atoms with van der Waals surface area (Å²) in [6.45, 7) is 4.01. The average Bonchev–Trinajstić information content (AvgIpc) is 2.60. The molecule has 0 saturated heterocycles. The first kappa shape index (κ1) is 17.0. The van der Waals surface area contributed by atoms with Gasteiger partial charge in [-0.05, 0) is 49.2 Å². The van der Waals surface area contributed by atoms with Crippen LogP contribution in [0.3, 0.4) is 0 Å². The largest absolute Gasteiger partial charge is 0.334 e. The van der Waals surface area contributed by atoms with Gasteiger partial charge in [-0.1, -0.05) is 30.0 Å². The van der Waals surface area contributed by atoms with Crippen molar-refractivity contribution in [3.05, 3.63) is 63.9 Å². The van der Waals surface area contributed by atoms with E-state index in [-0.39, 0.29) is 17.2 Å². The molecule has 0 bridgehead atoms. The summed E-state index contributed by atoms with van der Waals surface area (Å²) in [5.74, 6) is 5.73. The molecule has 0 spiro atoms. The number of nitrogens with one attached hydrogen (secondary N) is 1. The molecule has 25 heavy (non-hydrogen) atoms. The van der Waals surface area contributed by atoms with Gasteiger partial charge in [-0.25, -0.2) is 9.66 Å². The summed E-state index contributed by atoms with van der Waals surface area (Å²) in [7, 11) is 0. The van der Waals surface area contributed by atoms with Crippen LogP contribution < -0.4 is 16.7 Å². The van der Waals surface area contributed by atoms with Crippen LogP contribution >= 0.6 is 11.8 Å². The Morgan fingerprint density at radius 3 is 2.72 bits per heavy atom. The molecule has 128 valence electrons. The number of aromatic nitrogens is 2. The van der Waals surface area contributed by atoms with Gasteiger partial charge in [-0.15, -0.1) is 0 Å². The zero-order valence-electron chi connectivity index (χ0n) is 13.9. The smallest absolute Gasteiger partial charge is 0.280 e. The number of anilines is 1. The van der Waals surface area contributed by atoms with Crippen molar-refractivity contribution in [1.82, 2.24) is 9.66 Å². The van der Waals surface area contributed by atoms with Crippen molar-refractivity contribution in [1.29, 1.82) is 0 Å². The number of nitrogens with zero attached hydrogens (tertiary/aromatic N) is 2. The molecule has 3 aromatic rings. The molecule has 0 atom stereocenters. The van der Waals surface area contributed by atoms with Crippen molar-refractivity contribution in [2.45, 2.75) is 19.0 Å². The number of aryl methyl sites for hydroxylation is 2. The molecule has 3 N–H and O–H groups in total. The highest BCUT2D eigenvalue weighted by Crippen LogP contribution is 2.18. The van der Waals surface area contributed by atoms with E-state index in [9.17, 15) is 9.59 Å². The fourth-order valence-corrected chi connectivity index (χ4v) is 3.09. The third-order valence-corrected chi connectivity index (χ3v) is 4.85. The summed E-state index contributed by atoms with van der Waals surface area (Å²) in [6, 6.07) is 12.7. The summed E-state index contributed by atoms with van der Waals surface area (Å²) < 4.78 is 0.982. The molecule has 0 unspecified atom stereocenters. The Hall–Kier alpha value is -2.80. The summed E-state index contributed by atoms with van der Waals surface area (Å²) in [6.07, 6.45) is 0. The number of rotatable bonds is 4. The van der Waals surface area contributed by atoms with E-state index in [0.29, 0.717) is 16.1 Å². The molecule has 6 nitrogen and oxygen atoms in total. The minimum atomic E-state index is -0.331. The zero-order chi connectivity index (χ0) is 18.0. The number of thioether (sulfide) groups is 1. The molecule has 3 rings (SSSR count). The number of carbonyl (C=O) groups excluding carboxylic acids is 1. The van der Waals surface area contributed by atoms with Crippen LogP contribution in [0.5, 0.6) is 0 Å². The van der Waals surface area contributed by atoms with Crippen molar-refractivity contribution in [2.24, 2.45) is 0 Å². The maximum Gasteiger partial charge on any atom is 0.280 e. The van der Waals surface area contributed by atoms with Crippen LogP contribution in [0.2, 0.25) is 0 Å². The second-order valence-electron chi connectivity index (χ2n) is 5.72. The summed E-state index contributed by atoms with van der Waals surface area (Å²) in [4.78, 5) is 28.8. The highest BCUT2D eigenvalue weighted by Gasteiger charge is 2.11. The fraction of sp³-hybridized carbons (Fsp3) is 0.167. The number of hydrogen-bond donors (Lipinski definition) is 2. The number of para-hydroxylation sites is 1. The number of fused-ring (bicyclic) bond motifs is 1. The standard InChI is InChI=1S/C18H18N4O2S/c1-11-7-8-13(9-12(11)2)20-16(23)10-25-18-21-15-6-4-3-5-14(15)17(24)22(18)19/h3-9H,10,19H2,1-2H3,(H,20,23). The number of amides is 1. The summed E-state index contributed by atoms with van der Waals surface area (Å²) >= 11 is 1.13. The van der Waals surface area contributed by atoms with Crippen LogP contribution in [0.15, 0.2) is 52.4 Å². The minimum absolute atomic E-state index is 0.106. The highest BCUT2D eigenvalue weighted by molar-refractivity contribution is 7.99. The Morgan fingerprint density at radius 1 is 1.20 bits per heavy atom. The van der Waals surface area contributed by atoms with Gasteiger partial charge < -0.3 is 11.2 Å². The first-order valence-electron chi connectivity index (χ1n) is 7.72. The van der Waals surface area contributed by atoms with E-state index >= 15 is 0 Å². The second kappa shape index (κ2) is 6.98. The van der Waals surface area contributed by atoms with Crippen LogP contribution in [-0.2, 0) is 4.79 Å². The van der Waals surface area contributed by atoms with Crippen LogP contribution in [0, 0.1) is 13.8 Å². The lowest BCUT2D eigenvalue weighted by Crippen LogP contribution is -2.30.